The SMILES string of the molecule is CN=C(NCCc1nnc2ccccn12)NCc1cc(C(C)C)no1.I. The predicted molar refractivity (Wildman–Crippen MR) is 111 cm³/mol. The van der Waals surface area contributed by atoms with Gasteiger partial charge in [0.1, 0.15) is 5.82 Å². The number of halogens is 1. The molecule has 2 N–H and O–H groups in total. The van der Waals surface area contributed by atoms with Crippen molar-refractivity contribution in [3.05, 3.63) is 47.7 Å². The van der Waals surface area contributed by atoms with Crippen LogP contribution in [0.2, 0.25) is 0 Å². The lowest BCUT2D eigenvalue weighted by Crippen LogP contribution is -2.37. The van der Waals surface area contributed by atoms with Gasteiger partial charge in [-0.15, -0.1) is 34.2 Å². The fraction of sp³-hybridized carbons (Fsp3) is 0.412. The lowest BCUT2D eigenvalue weighted by Gasteiger charge is -2.10. The molecule has 0 unspecified atom stereocenters. The fourth-order valence-electron chi connectivity index (χ4n) is 2.43. The molecule has 3 rings (SSSR count). The number of guanidine groups is 1. The summed E-state index contributed by atoms with van der Waals surface area (Å²) >= 11 is 0. The lowest BCUT2D eigenvalue weighted by atomic mass is 10.1. The molecule has 26 heavy (non-hydrogen) atoms. The van der Waals surface area contributed by atoms with Gasteiger partial charge < -0.3 is 15.2 Å². The van der Waals surface area contributed by atoms with Crippen molar-refractivity contribution in [2.75, 3.05) is 13.6 Å². The fourth-order valence-corrected chi connectivity index (χ4v) is 2.43. The van der Waals surface area contributed by atoms with Crippen molar-refractivity contribution in [3.63, 3.8) is 0 Å². The summed E-state index contributed by atoms with van der Waals surface area (Å²) in [4.78, 5) is 4.22. The van der Waals surface area contributed by atoms with Crippen LogP contribution in [0.1, 0.15) is 37.0 Å². The van der Waals surface area contributed by atoms with Gasteiger partial charge in [-0.05, 0) is 18.1 Å². The lowest BCUT2D eigenvalue weighted by molar-refractivity contribution is 0.372. The number of rotatable bonds is 6. The van der Waals surface area contributed by atoms with E-state index in [9.17, 15) is 0 Å². The summed E-state index contributed by atoms with van der Waals surface area (Å²) in [6.07, 6.45) is 2.71. The Kier molecular flexibility index (Phi) is 7.37. The largest absolute Gasteiger partial charge is 0.359 e. The van der Waals surface area contributed by atoms with Crippen LogP contribution < -0.4 is 10.6 Å². The Balaban J connectivity index is 0.00000243. The van der Waals surface area contributed by atoms with Gasteiger partial charge in [-0.2, -0.15) is 0 Å². The standard InChI is InChI=1S/C17H23N7O.HI/c1-12(2)14-10-13(25-23-14)11-20-17(18-3)19-8-7-16-22-21-15-6-4-5-9-24(15)16;/h4-6,9-10,12H,7-8,11H2,1-3H3,(H2,18,19,20);1H. The number of hydrogen-bond donors (Lipinski definition) is 2. The second kappa shape index (κ2) is 9.51. The Morgan fingerprint density at radius 3 is 2.85 bits per heavy atom. The van der Waals surface area contributed by atoms with Gasteiger partial charge in [0, 0.05) is 32.3 Å². The van der Waals surface area contributed by atoms with Gasteiger partial charge in [0.05, 0.1) is 12.2 Å². The molecule has 0 aliphatic rings. The van der Waals surface area contributed by atoms with Crippen LogP contribution in [0, 0.1) is 0 Å². The van der Waals surface area contributed by atoms with Crippen molar-refractivity contribution in [2.24, 2.45) is 4.99 Å². The molecular formula is C17H24IN7O. The van der Waals surface area contributed by atoms with Crippen LogP contribution in [0.15, 0.2) is 40.0 Å². The molecule has 0 fully saturated rings. The molecule has 140 valence electrons. The molecule has 8 nitrogen and oxygen atoms in total. The van der Waals surface area contributed by atoms with Crippen LogP contribution in [0.25, 0.3) is 5.65 Å². The molecule has 0 saturated heterocycles. The number of aromatic nitrogens is 4. The van der Waals surface area contributed by atoms with E-state index in [0.717, 1.165) is 29.3 Å². The maximum atomic E-state index is 5.32. The number of nitrogens with zero attached hydrogens (tertiary/aromatic N) is 5. The summed E-state index contributed by atoms with van der Waals surface area (Å²) < 4.78 is 7.30. The van der Waals surface area contributed by atoms with Gasteiger partial charge in [-0.25, -0.2) is 0 Å². The quantitative estimate of drug-likeness (QED) is 0.327. The summed E-state index contributed by atoms with van der Waals surface area (Å²) in [5.74, 6) is 2.76. The van der Waals surface area contributed by atoms with Crippen molar-refractivity contribution in [3.8, 4) is 0 Å². The smallest absolute Gasteiger partial charge is 0.191 e. The number of hydrogen-bond acceptors (Lipinski definition) is 5. The van der Waals surface area contributed by atoms with Gasteiger partial charge in [-0.1, -0.05) is 25.1 Å². The van der Waals surface area contributed by atoms with Crippen molar-refractivity contribution < 1.29 is 4.52 Å². The first kappa shape index (κ1) is 20.1. The van der Waals surface area contributed by atoms with Gasteiger partial charge in [-0.3, -0.25) is 9.39 Å². The average molecular weight is 469 g/mol. The van der Waals surface area contributed by atoms with E-state index in [-0.39, 0.29) is 24.0 Å². The molecule has 0 bridgehead atoms. The molecule has 0 aliphatic carbocycles. The summed E-state index contributed by atoms with van der Waals surface area (Å²) in [5.41, 5.74) is 1.81. The normalized spacial score (nSPS) is 11.6. The summed E-state index contributed by atoms with van der Waals surface area (Å²) in [5, 5.41) is 18.9. The van der Waals surface area contributed by atoms with Crippen LogP contribution in [0.3, 0.4) is 0 Å². The molecule has 0 radical (unpaired) electrons. The predicted octanol–water partition coefficient (Wildman–Crippen LogP) is 2.37. The molecule has 3 heterocycles. The molecule has 9 heteroatoms. The molecule has 3 aromatic rings. The van der Waals surface area contributed by atoms with Crippen LogP contribution in [0.4, 0.5) is 0 Å². The number of nitrogens with one attached hydrogen (secondary N) is 2. The maximum Gasteiger partial charge on any atom is 0.191 e. The highest BCUT2D eigenvalue weighted by molar-refractivity contribution is 14.0. The minimum Gasteiger partial charge on any atom is -0.359 e. The Morgan fingerprint density at radius 2 is 2.12 bits per heavy atom. The van der Waals surface area contributed by atoms with Gasteiger partial charge >= 0.3 is 0 Å². The summed E-state index contributed by atoms with van der Waals surface area (Å²) in [7, 11) is 1.74. The van der Waals surface area contributed by atoms with Crippen molar-refractivity contribution in [1.82, 2.24) is 30.4 Å². The van der Waals surface area contributed by atoms with Gasteiger partial charge in [0.2, 0.25) is 0 Å². The monoisotopic (exact) mass is 469 g/mol. The zero-order chi connectivity index (χ0) is 17.6. The maximum absolute atomic E-state index is 5.32. The Labute approximate surface area is 169 Å². The number of fused-ring (bicyclic) bond motifs is 1. The second-order valence-electron chi connectivity index (χ2n) is 6.02. The number of pyridine rings is 1. The molecule has 0 aliphatic heterocycles. The molecule has 0 amide bonds. The van der Waals surface area contributed by atoms with E-state index in [4.69, 9.17) is 4.52 Å². The Morgan fingerprint density at radius 1 is 1.27 bits per heavy atom. The van der Waals surface area contributed by atoms with Crippen LogP contribution in [-0.2, 0) is 13.0 Å². The second-order valence-corrected chi connectivity index (χ2v) is 6.02. The van der Waals surface area contributed by atoms with E-state index in [0.29, 0.717) is 25.0 Å². The zero-order valence-corrected chi connectivity index (χ0v) is 17.5. The number of aliphatic imine (C=N–C) groups is 1. The van der Waals surface area contributed by atoms with Crippen molar-refractivity contribution >= 4 is 35.6 Å². The Bertz CT molecular complexity index is 856. The van der Waals surface area contributed by atoms with E-state index in [2.05, 4.69) is 44.8 Å². The molecule has 0 spiro atoms. The third-order valence-electron chi connectivity index (χ3n) is 3.85. The van der Waals surface area contributed by atoms with E-state index in [1.54, 1.807) is 7.05 Å². The molecular weight excluding hydrogens is 445 g/mol. The highest BCUT2D eigenvalue weighted by atomic mass is 127. The average Bonchev–Trinajstić information content (AvgIpc) is 3.25. The highest BCUT2D eigenvalue weighted by Gasteiger charge is 2.09. The first-order valence-electron chi connectivity index (χ1n) is 8.36. The first-order valence-corrected chi connectivity index (χ1v) is 8.36. The summed E-state index contributed by atoms with van der Waals surface area (Å²) in [6.45, 7) is 5.41. The van der Waals surface area contributed by atoms with E-state index in [1.807, 2.05) is 34.9 Å². The van der Waals surface area contributed by atoms with Crippen LogP contribution >= 0.6 is 24.0 Å². The van der Waals surface area contributed by atoms with Crippen LogP contribution in [-0.4, -0.2) is 39.3 Å². The molecule has 0 atom stereocenters. The minimum atomic E-state index is 0. The zero-order valence-electron chi connectivity index (χ0n) is 15.1. The molecule has 3 aromatic heterocycles. The third kappa shape index (κ3) is 4.93. The molecule has 0 saturated carbocycles. The first-order chi connectivity index (χ1) is 12.2. The van der Waals surface area contributed by atoms with Crippen molar-refractivity contribution in [1.29, 1.82) is 0 Å². The van der Waals surface area contributed by atoms with E-state index >= 15 is 0 Å². The highest BCUT2D eigenvalue weighted by Crippen LogP contribution is 2.13. The van der Waals surface area contributed by atoms with Gasteiger partial charge in [0.25, 0.3) is 0 Å². The van der Waals surface area contributed by atoms with Crippen molar-refractivity contribution in [2.45, 2.75) is 32.7 Å². The topological polar surface area (TPSA) is 92.6 Å². The molecule has 0 aromatic carbocycles. The third-order valence-corrected chi connectivity index (χ3v) is 3.85. The van der Waals surface area contributed by atoms with Gasteiger partial charge in [0.15, 0.2) is 17.4 Å². The Hall–Kier alpha value is -2.17. The van der Waals surface area contributed by atoms with Crippen LogP contribution in [0.5, 0.6) is 0 Å². The van der Waals surface area contributed by atoms with E-state index < -0.39 is 0 Å². The summed E-state index contributed by atoms with van der Waals surface area (Å²) in [6, 6.07) is 7.82. The minimum absolute atomic E-state index is 0. The van der Waals surface area contributed by atoms with E-state index in [1.165, 1.54) is 0 Å².